The van der Waals surface area contributed by atoms with Crippen LogP contribution in [-0.2, 0) is 12.0 Å². The lowest BCUT2D eigenvalue weighted by Gasteiger charge is -2.22. The maximum Gasteiger partial charge on any atom is 0.260 e. The van der Waals surface area contributed by atoms with Gasteiger partial charge in [-0.2, -0.15) is 0 Å². The van der Waals surface area contributed by atoms with Gasteiger partial charge in [0, 0.05) is 17.9 Å². The molecule has 0 heterocycles. The van der Waals surface area contributed by atoms with Crippen molar-refractivity contribution in [1.29, 1.82) is 0 Å². The smallest absolute Gasteiger partial charge is 0.260 e. The molecule has 1 aliphatic carbocycles. The van der Waals surface area contributed by atoms with Gasteiger partial charge in [-0.15, -0.1) is 0 Å². The third-order valence-electron chi connectivity index (χ3n) is 4.20. The standard InChI is InChI=1S/C16H21N/c1-11(2)14-7-6-13-8-9-16(17-5,12(3)4)15(13)10-14/h6-7,10-12H,8-9H2,1-4H3. The maximum atomic E-state index is 7.61. The van der Waals surface area contributed by atoms with Crippen molar-refractivity contribution in [1.82, 2.24) is 0 Å². The minimum absolute atomic E-state index is 0.264. The third kappa shape index (κ3) is 1.76. The zero-order chi connectivity index (χ0) is 12.6. The zero-order valence-electron chi connectivity index (χ0n) is 11.2. The van der Waals surface area contributed by atoms with E-state index in [-0.39, 0.29) is 5.54 Å². The van der Waals surface area contributed by atoms with Crippen LogP contribution < -0.4 is 0 Å². The normalized spacial score (nSPS) is 22.9. The predicted molar refractivity (Wildman–Crippen MR) is 72.0 cm³/mol. The first-order valence-electron chi connectivity index (χ1n) is 6.53. The second-order valence-corrected chi connectivity index (χ2v) is 5.76. The van der Waals surface area contributed by atoms with Crippen LogP contribution in [0.4, 0.5) is 0 Å². The Labute approximate surface area is 105 Å². The molecule has 0 aliphatic heterocycles. The Bertz CT molecular complexity index is 465. The average molecular weight is 227 g/mol. The second-order valence-electron chi connectivity index (χ2n) is 5.76. The Morgan fingerprint density at radius 1 is 1.24 bits per heavy atom. The summed E-state index contributed by atoms with van der Waals surface area (Å²) in [4.78, 5) is 4.01. The molecule has 0 radical (unpaired) electrons. The van der Waals surface area contributed by atoms with Gasteiger partial charge in [0.2, 0.25) is 0 Å². The minimum Gasteiger partial charge on any atom is -0.305 e. The molecule has 1 unspecified atom stereocenters. The molecule has 0 saturated heterocycles. The molecule has 1 aromatic rings. The number of fused-ring (bicyclic) bond motifs is 1. The Morgan fingerprint density at radius 2 is 1.94 bits per heavy atom. The highest BCUT2D eigenvalue weighted by atomic mass is 14.8. The predicted octanol–water partition coefficient (Wildman–Crippen LogP) is 4.53. The summed E-state index contributed by atoms with van der Waals surface area (Å²) in [6.07, 6.45) is 2.05. The second kappa shape index (κ2) is 4.18. The molecule has 0 N–H and O–H groups in total. The Balaban J connectivity index is 2.56. The number of benzene rings is 1. The van der Waals surface area contributed by atoms with Crippen LogP contribution in [0.25, 0.3) is 4.85 Å². The lowest BCUT2D eigenvalue weighted by atomic mass is 9.81. The fourth-order valence-electron chi connectivity index (χ4n) is 2.88. The molecule has 1 atom stereocenters. The monoisotopic (exact) mass is 227 g/mol. The Kier molecular flexibility index (Phi) is 3.00. The Morgan fingerprint density at radius 3 is 2.47 bits per heavy atom. The number of hydrogen-bond acceptors (Lipinski definition) is 0. The molecule has 1 nitrogen and oxygen atoms in total. The van der Waals surface area contributed by atoms with Gasteiger partial charge in [0.25, 0.3) is 5.54 Å². The number of hydrogen-bond donors (Lipinski definition) is 0. The van der Waals surface area contributed by atoms with E-state index in [9.17, 15) is 0 Å². The van der Waals surface area contributed by atoms with E-state index in [0.717, 1.165) is 12.8 Å². The van der Waals surface area contributed by atoms with E-state index in [1.807, 2.05) is 0 Å². The van der Waals surface area contributed by atoms with Gasteiger partial charge in [-0.05, 0) is 29.5 Å². The summed E-state index contributed by atoms with van der Waals surface area (Å²) < 4.78 is 0. The summed E-state index contributed by atoms with van der Waals surface area (Å²) in [6, 6.07) is 6.74. The van der Waals surface area contributed by atoms with Gasteiger partial charge < -0.3 is 4.85 Å². The van der Waals surface area contributed by atoms with Gasteiger partial charge >= 0.3 is 0 Å². The van der Waals surface area contributed by atoms with Gasteiger partial charge in [-0.25, -0.2) is 6.57 Å². The molecule has 90 valence electrons. The van der Waals surface area contributed by atoms with Crippen LogP contribution in [0, 0.1) is 12.5 Å². The SMILES string of the molecule is [C-]#[N+]C1(C(C)C)CCc2ccc(C(C)C)cc21. The van der Waals surface area contributed by atoms with E-state index >= 15 is 0 Å². The summed E-state index contributed by atoms with van der Waals surface area (Å²) in [5.41, 5.74) is 3.78. The molecule has 17 heavy (non-hydrogen) atoms. The van der Waals surface area contributed by atoms with Crippen LogP contribution in [0.15, 0.2) is 18.2 Å². The van der Waals surface area contributed by atoms with Gasteiger partial charge in [0.05, 0.1) is 0 Å². The zero-order valence-corrected chi connectivity index (χ0v) is 11.2. The molecule has 0 aromatic heterocycles. The Hall–Kier alpha value is -1.29. The molecule has 0 spiro atoms. The van der Waals surface area contributed by atoms with Crippen molar-refractivity contribution in [3.05, 3.63) is 46.3 Å². The number of rotatable bonds is 2. The summed E-state index contributed by atoms with van der Waals surface area (Å²) in [7, 11) is 0. The molecular formula is C16H21N. The van der Waals surface area contributed by atoms with Crippen molar-refractivity contribution >= 4 is 0 Å². The van der Waals surface area contributed by atoms with Crippen LogP contribution in [-0.4, -0.2) is 0 Å². The van der Waals surface area contributed by atoms with Crippen molar-refractivity contribution in [2.24, 2.45) is 5.92 Å². The lowest BCUT2D eigenvalue weighted by Crippen LogP contribution is -2.25. The van der Waals surface area contributed by atoms with Gasteiger partial charge in [0.1, 0.15) is 0 Å². The summed E-state index contributed by atoms with van der Waals surface area (Å²) >= 11 is 0. The van der Waals surface area contributed by atoms with Crippen molar-refractivity contribution < 1.29 is 0 Å². The molecule has 0 bridgehead atoms. The van der Waals surface area contributed by atoms with E-state index < -0.39 is 0 Å². The fraction of sp³-hybridized carbons (Fsp3) is 0.562. The molecular weight excluding hydrogens is 206 g/mol. The summed E-state index contributed by atoms with van der Waals surface area (Å²) in [5.74, 6) is 0.931. The number of nitrogens with zero attached hydrogens (tertiary/aromatic N) is 1. The lowest BCUT2D eigenvalue weighted by molar-refractivity contribution is 0.379. The van der Waals surface area contributed by atoms with Crippen LogP contribution in [0.5, 0.6) is 0 Å². The molecule has 0 fully saturated rings. The summed E-state index contributed by atoms with van der Waals surface area (Å²) in [6.45, 7) is 16.4. The van der Waals surface area contributed by atoms with Crippen LogP contribution in [0.1, 0.15) is 56.7 Å². The average Bonchev–Trinajstić information content (AvgIpc) is 2.67. The first-order valence-corrected chi connectivity index (χ1v) is 6.53. The van der Waals surface area contributed by atoms with Gasteiger partial charge in [-0.3, -0.25) is 0 Å². The molecule has 1 aromatic carbocycles. The topological polar surface area (TPSA) is 4.36 Å². The fourth-order valence-corrected chi connectivity index (χ4v) is 2.88. The van der Waals surface area contributed by atoms with E-state index in [1.54, 1.807) is 0 Å². The molecule has 2 rings (SSSR count). The first kappa shape index (κ1) is 12.2. The molecule has 0 amide bonds. The van der Waals surface area contributed by atoms with E-state index in [2.05, 4.69) is 50.7 Å². The molecule has 0 saturated carbocycles. The molecule has 1 heteroatoms. The first-order chi connectivity index (χ1) is 8.01. The third-order valence-corrected chi connectivity index (χ3v) is 4.20. The minimum atomic E-state index is -0.264. The highest BCUT2D eigenvalue weighted by Crippen LogP contribution is 2.46. The van der Waals surface area contributed by atoms with Crippen LogP contribution in [0.3, 0.4) is 0 Å². The van der Waals surface area contributed by atoms with E-state index in [1.165, 1.54) is 16.7 Å². The van der Waals surface area contributed by atoms with E-state index in [0.29, 0.717) is 11.8 Å². The van der Waals surface area contributed by atoms with Crippen LogP contribution >= 0.6 is 0 Å². The van der Waals surface area contributed by atoms with Gasteiger partial charge in [0.15, 0.2) is 0 Å². The van der Waals surface area contributed by atoms with Gasteiger partial charge in [-0.1, -0.05) is 39.8 Å². The highest BCUT2D eigenvalue weighted by Gasteiger charge is 2.47. The largest absolute Gasteiger partial charge is 0.305 e. The van der Waals surface area contributed by atoms with Crippen molar-refractivity contribution in [3.8, 4) is 0 Å². The highest BCUT2D eigenvalue weighted by molar-refractivity contribution is 5.45. The van der Waals surface area contributed by atoms with Crippen LogP contribution in [0.2, 0.25) is 0 Å². The molecule has 1 aliphatic rings. The summed E-state index contributed by atoms with van der Waals surface area (Å²) in [5, 5.41) is 0. The van der Waals surface area contributed by atoms with E-state index in [4.69, 9.17) is 6.57 Å². The van der Waals surface area contributed by atoms with Crippen molar-refractivity contribution in [2.75, 3.05) is 0 Å². The number of aryl methyl sites for hydroxylation is 1. The maximum absolute atomic E-state index is 7.61. The quantitative estimate of drug-likeness (QED) is 0.654. The van der Waals surface area contributed by atoms with Crippen molar-refractivity contribution in [3.63, 3.8) is 0 Å². The van der Waals surface area contributed by atoms with Crippen molar-refractivity contribution in [2.45, 2.75) is 52.0 Å².